The first-order chi connectivity index (χ1) is 10.5. The molecule has 1 aliphatic heterocycles. The Morgan fingerprint density at radius 1 is 1.43 bits per heavy atom. The van der Waals surface area contributed by atoms with Crippen LogP contribution in [0.15, 0.2) is 23.2 Å². The molecule has 1 aromatic rings. The van der Waals surface area contributed by atoms with Crippen LogP contribution in [-0.2, 0) is 4.79 Å². The molecule has 0 spiro atoms. The van der Waals surface area contributed by atoms with Crippen LogP contribution in [0.4, 0.5) is 5.69 Å². The molecule has 3 rings (SSSR count). The Bertz CT molecular complexity index is 634. The fourth-order valence-electron chi connectivity index (χ4n) is 2.57. The van der Waals surface area contributed by atoms with Gasteiger partial charge in [-0.05, 0) is 37.5 Å². The standard InChI is InChI=1S/C16H20ClN3OS.ClH/c1-10-4-7-14(13(17)8-10)20(11(2)21)15-9-22-16(19(15)3)18-12-5-6-12;/h4,7-8,12,15H,5-6,9H2,1-3H3;1H. The third kappa shape index (κ3) is 3.95. The Labute approximate surface area is 152 Å². The van der Waals surface area contributed by atoms with Crippen molar-refractivity contribution in [2.24, 2.45) is 4.99 Å². The molecule has 0 N–H and O–H groups in total. The summed E-state index contributed by atoms with van der Waals surface area (Å²) in [6, 6.07) is 6.29. The van der Waals surface area contributed by atoms with Crippen molar-refractivity contribution in [2.45, 2.75) is 38.9 Å². The molecule has 0 bridgehead atoms. The second-order valence-corrected chi connectivity index (χ2v) is 7.28. The lowest BCUT2D eigenvalue weighted by Gasteiger charge is -2.33. The lowest BCUT2D eigenvalue weighted by Crippen LogP contribution is -2.48. The summed E-state index contributed by atoms with van der Waals surface area (Å²) in [6.07, 6.45) is 2.33. The number of carbonyl (C=O) groups excluding carboxylic acids is 1. The quantitative estimate of drug-likeness (QED) is 0.804. The molecule has 1 aliphatic carbocycles. The van der Waals surface area contributed by atoms with E-state index < -0.39 is 0 Å². The Balaban J connectivity index is 0.00000192. The van der Waals surface area contributed by atoms with E-state index in [1.807, 2.05) is 32.2 Å². The zero-order valence-electron chi connectivity index (χ0n) is 13.5. The van der Waals surface area contributed by atoms with Crippen LogP contribution in [-0.4, -0.2) is 41.0 Å². The number of aliphatic imine (C=N–C) groups is 1. The van der Waals surface area contributed by atoms with Gasteiger partial charge in [0.15, 0.2) is 5.17 Å². The van der Waals surface area contributed by atoms with Gasteiger partial charge in [0.2, 0.25) is 5.91 Å². The number of amidine groups is 1. The summed E-state index contributed by atoms with van der Waals surface area (Å²) < 4.78 is 0. The topological polar surface area (TPSA) is 35.9 Å². The number of hydrogen-bond acceptors (Lipinski definition) is 3. The monoisotopic (exact) mass is 373 g/mol. The molecule has 1 atom stereocenters. The van der Waals surface area contributed by atoms with Crippen molar-refractivity contribution in [3.05, 3.63) is 28.8 Å². The van der Waals surface area contributed by atoms with E-state index in [0.29, 0.717) is 11.1 Å². The molecule has 0 radical (unpaired) electrons. The predicted molar refractivity (Wildman–Crippen MR) is 101 cm³/mol. The smallest absolute Gasteiger partial charge is 0.225 e. The summed E-state index contributed by atoms with van der Waals surface area (Å²) in [5.41, 5.74) is 1.85. The molecule has 1 unspecified atom stereocenters. The van der Waals surface area contributed by atoms with Gasteiger partial charge in [0.25, 0.3) is 0 Å². The zero-order chi connectivity index (χ0) is 15.9. The van der Waals surface area contributed by atoms with Crippen molar-refractivity contribution in [1.82, 2.24) is 4.90 Å². The van der Waals surface area contributed by atoms with E-state index in [9.17, 15) is 4.79 Å². The van der Waals surface area contributed by atoms with Crippen LogP contribution in [0.1, 0.15) is 25.3 Å². The number of anilines is 1. The van der Waals surface area contributed by atoms with Crippen molar-refractivity contribution in [3.8, 4) is 0 Å². The fraction of sp³-hybridized carbons (Fsp3) is 0.500. The molecule has 23 heavy (non-hydrogen) atoms. The predicted octanol–water partition coefficient (Wildman–Crippen LogP) is 3.95. The van der Waals surface area contributed by atoms with Gasteiger partial charge in [0.1, 0.15) is 6.17 Å². The lowest BCUT2D eigenvalue weighted by atomic mass is 10.2. The highest BCUT2D eigenvalue weighted by atomic mass is 35.5. The van der Waals surface area contributed by atoms with Crippen LogP contribution in [0.3, 0.4) is 0 Å². The van der Waals surface area contributed by atoms with Crippen LogP contribution < -0.4 is 4.90 Å². The Morgan fingerprint density at radius 2 is 2.13 bits per heavy atom. The minimum atomic E-state index is -0.0415. The molecular formula is C16H21Cl2N3OS. The van der Waals surface area contributed by atoms with Gasteiger partial charge < -0.3 is 4.90 Å². The number of thioether (sulfide) groups is 1. The normalized spacial score (nSPS) is 22.2. The van der Waals surface area contributed by atoms with E-state index in [0.717, 1.165) is 22.2 Å². The molecule has 1 saturated heterocycles. The number of aryl methyl sites for hydroxylation is 1. The van der Waals surface area contributed by atoms with E-state index in [1.54, 1.807) is 23.6 Å². The third-order valence-electron chi connectivity index (χ3n) is 3.95. The maximum Gasteiger partial charge on any atom is 0.225 e. The summed E-state index contributed by atoms with van der Waals surface area (Å²) >= 11 is 8.09. The van der Waals surface area contributed by atoms with Crippen LogP contribution in [0.5, 0.6) is 0 Å². The number of rotatable bonds is 3. The maximum atomic E-state index is 12.2. The number of hydrogen-bond donors (Lipinski definition) is 0. The number of benzene rings is 1. The van der Waals surface area contributed by atoms with Gasteiger partial charge in [-0.15, -0.1) is 12.4 Å². The highest BCUT2D eigenvalue weighted by Gasteiger charge is 2.36. The van der Waals surface area contributed by atoms with Gasteiger partial charge in [-0.3, -0.25) is 14.7 Å². The second-order valence-electron chi connectivity index (χ2n) is 5.89. The van der Waals surface area contributed by atoms with Crippen LogP contribution in [0.2, 0.25) is 5.02 Å². The van der Waals surface area contributed by atoms with E-state index in [2.05, 4.69) is 4.90 Å². The van der Waals surface area contributed by atoms with Crippen molar-refractivity contribution in [3.63, 3.8) is 0 Å². The summed E-state index contributed by atoms with van der Waals surface area (Å²) in [4.78, 5) is 20.9. The first-order valence-corrected chi connectivity index (χ1v) is 8.83. The van der Waals surface area contributed by atoms with Gasteiger partial charge in [0, 0.05) is 19.7 Å². The van der Waals surface area contributed by atoms with Crippen LogP contribution in [0.25, 0.3) is 0 Å². The van der Waals surface area contributed by atoms with Crippen molar-refractivity contribution < 1.29 is 4.79 Å². The molecule has 2 fully saturated rings. The summed E-state index contributed by atoms with van der Waals surface area (Å²) in [7, 11) is 2.00. The lowest BCUT2D eigenvalue weighted by molar-refractivity contribution is -0.117. The molecular weight excluding hydrogens is 353 g/mol. The summed E-state index contributed by atoms with van der Waals surface area (Å²) in [5.74, 6) is 0.808. The van der Waals surface area contributed by atoms with Crippen molar-refractivity contribution in [1.29, 1.82) is 0 Å². The Kier molecular flexibility index (Phi) is 5.87. The van der Waals surface area contributed by atoms with E-state index in [-0.39, 0.29) is 24.5 Å². The van der Waals surface area contributed by atoms with Crippen LogP contribution >= 0.6 is 35.8 Å². The van der Waals surface area contributed by atoms with E-state index in [4.69, 9.17) is 16.6 Å². The van der Waals surface area contributed by atoms with Crippen LogP contribution in [0, 0.1) is 6.92 Å². The van der Waals surface area contributed by atoms with Gasteiger partial charge in [-0.25, -0.2) is 0 Å². The zero-order valence-corrected chi connectivity index (χ0v) is 15.8. The van der Waals surface area contributed by atoms with E-state index >= 15 is 0 Å². The molecule has 1 heterocycles. The first-order valence-electron chi connectivity index (χ1n) is 7.46. The molecule has 2 aliphatic rings. The first kappa shape index (κ1) is 18.4. The van der Waals surface area contributed by atoms with Crippen molar-refractivity contribution in [2.75, 3.05) is 17.7 Å². The van der Waals surface area contributed by atoms with Gasteiger partial charge in [-0.2, -0.15) is 0 Å². The molecule has 126 valence electrons. The van der Waals surface area contributed by atoms with Crippen molar-refractivity contribution >= 4 is 52.5 Å². The Morgan fingerprint density at radius 3 is 2.70 bits per heavy atom. The molecule has 0 aromatic heterocycles. The average Bonchev–Trinajstić information content (AvgIpc) is 3.19. The second kappa shape index (κ2) is 7.32. The SMILES string of the molecule is CC(=O)N(c1ccc(C)cc1Cl)C1CSC(=NC2CC2)N1C.Cl. The molecule has 7 heteroatoms. The summed E-state index contributed by atoms with van der Waals surface area (Å²) in [6.45, 7) is 3.58. The number of amides is 1. The highest BCUT2D eigenvalue weighted by molar-refractivity contribution is 8.14. The number of carbonyl (C=O) groups is 1. The van der Waals surface area contributed by atoms with Gasteiger partial charge >= 0.3 is 0 Å². The largest absolute Gasteiger partial charge is 0.333 e. The van der Waals surface area contributed by atoms with Gasteiger partial charge in [0.05, 0.1) is 16.8 Å². The average molecular weight is 374 g/mol. The highest BCUT2D eigenvalue weighted by Crippen LogP contribution is 2.35. The Hall–Kier alpha value is -0.910. The number of nitrogens with zero attached hydrogens (tertiary/aromatic N) is 3. The van der Waals surface area contributed by atoms with E-state index in [1.165, 1.54) is 12.8 Å². The molecule has 1 saturated carbocycles. The molecule has 4 nitrogen and oxygen atoms in total. The fourth-order valence-corrected chi connectivity index (χ4v) is 4.12. The maximum absolute atomic E-state index is 12.2. The molecule has 1 amide bonds. The summed E-state index contributed by atoms with van der Waals surface area (Å²) in [5, 5.41) is 1.64. The van der Waals surface area contributed by atoms with Gasteiger partial charge in [-0.1, -0.05) is 29.4 Å². The minimum Gasteiger partial charge on any atom is -0.333 e. The third-order valence-corrected chi connectivity index (χ3v) is 5.37. The number of halogens is 2. The minimum absolute atomic E-state index is 0. The molecule has 1 aromatic carbocycles.